The quantitative estimate of drug-likeness (QED) is 0.569. The third-order valence-corrected chi connectivity index (χ3v) is 5.97. The van der Waals surface area contributed by atoms with Crippen molar-refractivity contribution >= 4 is 38.8 Å². The molecule has 5 rings (SSSR count). The van der Waals surface area contributed by atoms with E-state index in [2.05, 4.69) is 17.1 Å². The van der Waals surface area contributed by atoms with Gasteiger partial charge in [-0.2, -0.15) is 0 Å². The van der Waals surface area contributed by atoms with E-state index in [0.717, 1.165) is 35.6 Å². The Morgan fingerprint density at radius 2 is 2.08 bits per heavy atom. The molecule has 1 aliphatic rings. The normalized spacial score (nSPS) is 17.5. The van der Waals surface area contributed by atoms with Crippen LogP contribution in [0.3, 0.4) is 0 Å². The maximum atomic E-state index is 5.98. The zero-order valence-corrected chi connectivity index (χ0v) is 14.7. The van der Waals surface area contributed by atoms with Crippen molar-refractivity contribution in [1.29, 1.82) is 0 Å². The van der Waals surface area contributed by atoms with E-state index in [9.17, 15) is 0 Å². The summed E-state index contributed by atoms with van der Waals surface area (Å²) in [5, 5.41) is 6.50. The number of hydrogen-bond acceptors (Lipinski definition) is 4. The van der Waals surface area contributed by atoms with Crippen molar-refractivity contribution in [2.45, 2.75) is 13.0 Å². The summed E-state index contributed by atoms with van der Waals surface area (Å²) >= 11 is 7.77. The van der Waals surface area contributed by atoms with Crippen molar-refractivity contribution in [3.05, 3.63) is 46.1 Å². The molecule has 0 saturated carbocycles. The Morgan fingerprint density at radius 1 is 1.25 bits per heavy atom. The Labute approximate surface area is 147 Å². The van der Waals surface area contributed by atoms with E-state index in [-0.39, 0.29) is 0 Å². The van der Waals surface area contributed by atoms with E-state index in [1.54, 1.807) is 27.1 Å². The molecule has 4 heterocycles. The lowest BCUT2D eigenvalue weighted by molar-refractivity contribution is -0.895. The fourth-order valence-electron chi connectivity index (χ4n) is 3.33. The van der Waals surface area contributed by atoms with Crippen LogP contribution in [0.2, 0.25) is 5.02 Å². The van der Waals surface area contributed by atoms with E-state index in [0.29, 0.717) is 10.8 Å². The van der Waals surface area contributed by atoms with Gasteiger partial charge < -0.3 is 4.90 Å². The van der Waals surface area contributed by atoms with Crippen molar-refractivity contribution in [3.63, 3.8) is 0 Å². The summed E-state index contributed by atoms with van der Waals surface area (Å²) in [6, 6.07) is 7.62. The molecular formula is C17H15ClN5S+. The number of fused-ring (bicyclic) bond motifs is 5. The second-order valence-corrected chi connectivity index (χ2v) is 7.79. The predicted molar refractivity (Wildman–Crippen MR) is 95.8 cm³/mol. The third-order valence-electron chi connectivity index (χ3n) is 4.58. The van der Waals surface area contributed by atoms with Gasteiger partial charge in [-0.1, -0.05) is 11.6 Å². The van der Waals surface area contributed by atoms with Crippen molar-refractivity contribution in [3.8, 4) is 11.4 Å². The van der Waals surface area contributed by atoms with E-state index >= 15 is 0 Å². The second-order valence-electron chi connectivity index (χ2n) is 6.27. The third kappa shape index (κ3) is 2.14. The topological polar surface area (TPSA) is 47.5 Å². The standard InChI is InChI=1S/C17H14ClN5S/c1-22-7-6-12-13(8-22)24-17-14(12)16-20-15(21-23(16)9-19-17)10-2-4-11(18)5-3-10/h2-5,9H,6-8H2,1H3/p+1. The smallest absolute Gasteiger partial charge is 0.182 e. The summed E-state index contributed by atoms with van der Waals surface area (Å²) in [6.07, 6.45) is 2.84. The molecule has 1 aromatic carbocycles. The largest absolute Gasteiger partial charge is 0.333 e. The number of hydrogen-bond donors (Lipinski definition) is 1. The Balaban J connectivity index is 1.74. The number of nitrogens with zero attached hydrogens (tertiary/aromatic N) is 4. The van der Waals surface area contributed by atoms with E-state index in [4.69, 9.17) is 16.6 Å². The maximum absolute atomic E-state index is 5.98. The highest BCUT2D eigenvalue weighted by molar-refractivity contribution is 7.19. The maximum Gasteiger partial charge on any atom is 0.182 e. The molecule has 7 heteroatoms. The van der Waals surface area contributed by atoms with Gasteiger partial charge in [0.25, 0.3) is 0 Å². The van der Waals surface area contributed by atoms with E-state index < -0.39 is 0 Å². The molecule has 0 saturated heterocycles. The van der Waals surface area contributed by atoms with Crippen LogP contribution in [0.5, 0.6) is 0 Å². The lowest BCUT2D eigenvalue weighted by atomic mass is 10.1. The number of benzene rings is 1. The highest BCUT2D eigenvalue weighted by Gasteiger charge is 2.24. The van der Waals surface area contributed by atoms with Crippen LogP contribution in [0.15, 0.2) is 30.6 Å². The zero-order valence-electron chi connectivity index (χ0n) is 13.1. The number of likely N-dealkylation sites (N-methyl/N-ethyl adjacent to an activating group) is 1. The number of aromatic nitrogens is 4. The molecule has 3 aromatic heterocycles. The molecule has 24 heavy (non-hydrogen) atoms. The van der Waals surface area contributed by atoms with Crippen LogP contribution in [-0.2, 0) is 13.0 Å². The number of halogens is 1. The minimum atomic E-state index is 0.708. The van der Waals surface area contributed by atoms with Crippen molar-refractivity contribution in [2.75, 3.05) is 13.6 Å². The summed E-state index contributed by atoms with van der Waals surface area (Å²) in [7, 11) is 2.24. The van der Waals surface area contributed by atoms with Crippen LogP contribution >= 0.6 is 22.9 Å². The molecule has 0 fully saturated rings. The molecule has 1 unspecified atom stereocenters. The van der Waals surface area contributed by atoms with Gasteiger partial charge in [-0.05, 0) is 29.8 Å². The van der Waals surface area contributed by atoms with Crippen LogP contribution in [-0.4, -0.2) is 33.2 Å². The van der Waals surface area contributed by atoms with Gasteiger partial charge in [0.05, 0.1) is 23.9 Å². The Morgan fingerprint density at radius 3 is 2.92 bits per heavy atom. The van der Waals surface area contributed by atoms with Gasteiger partial charge in [0.15, 0.2) is 11.5 Å². The second kappa shape index (κ2) is 5.24. The van der Waals surface area contributed by atoms with Crippen LogP contribution in [0.1, 0.15) is 10.4 Å². The van der Waals surface area contributed by atoms with Gasteiger partial charge in [-0.25, -0.2) is 14.5 Å². The minimum absolute atomic E-state index is 0.708. The molecule has 1 atom stereocenters. The highest BCUT2D eigenvalue weighted by atomic mass is 35.5. The average Bonchev–Trinajstić information content (AvgIpc) is 3.15. The van der Waals surface area contributed by atoms with Gasteiger partial charge in [0.1, 0.15) is 17.7 Å². The molecule has 120 valence electrons. The number of rotatable bonds is 1. The molecule has 0 radical (unpaired) electrons. The molecule has 4 aromatic rings. The summed E-state index contributed by atoms with van der Waals surface area (Å²) < 4.78 is 1.80. The van der Waals surface area contributed by atoms with Gasteiger partial charge in [-0.3, -0.25) is 0 Å². The highest BCUT2D eigenvalue weighted by Crippen LogP contribution is 2.33. The van der Waals surface area contributed by atoms with Gasteiger partial charge in [0.2, 0.25) is 0 Å². The van der Waals surface area contributed by atoms with Gasteiger partial charge in [-0.15, -0.1) is 16.4 Å². The lowest BCUT2D eigenvalue weighted by Gasteiger charge is -2.19. The molecule has 5 nitrogen and oxygen atoms in total. The van der Waals surface area contributed by atoms with E-state index in [1.807, 2.05) is 24.3 Å². The summed E-state index contributed by atoms with van der Waals surface area (Å²) in [5.41, 5.74) is 3.28. The number of quaternary nitrogens is 1. The molecule has 1 N–H and O–H groups in total. The predicted octanol–water partition coefficient (Wildman–Crippen LogP) is 2.23. The molecule has 0 spiro atoms. The van der Waals surface area contributed by atoms with Crippen molar-refractivity contribution < 1.29 is 4.90 Å². The lowest BCUT2D eigenvalue weighted by Crippen LogP contribution is -3.08. The first-order valence-corrected chi connectivity index (χ1v) is 9.11. The fourth-order valence-corrected chi connectivity index (χ4v) is 4.75. The Hall–Kier alpha value is -2.02. The Kier molecular flexibility index (Phi) is 3.13. The summed E-state index contributed by atoms with van der Waals surface area (Å²) in [4.78, 5) is 13.5. The van der Waals surface area contributed by atoms with Crippen LogP contribution in [0, 0.1) is 0 Å². The molecular weight excluding hydrogens is 342 g/mol. The van der Waals surface area contributed by atoms with Gasteiger partial charge >= 0.3 is 0 Å². The van der Waals surface area contributed by atoms with Crippen molar-refractivity contribution in [1.82, 2.24) is 19.6 Å². The average molecular weight is 357 g/mol. The number of nitrogens with one attached hydrogen (secondary N) is 1. The summed E-state index contributed by atoms with van der Waals surface area (Å²) in [5.74, 6) is 0.708. The Bertz CT molecular complexity index is 1070. The minimum Gasteiger partial charge on any atom is -0.333 e. The molecule has 1 aliphatic heterocycles. The van der Waals surface area contributed by atoms with Gasteiger partial charge in [0, 0.05) is 17.0 Å². The van der Waals surface area contributed by atoms with Crippen LogP contribution < -0.4 is 4.90 Å². The molecule has 0 bridgehead atoms. The first-order chi connectivity index (χ1) is 11.7. The molecule has 0 amide bonds. The summed E-state index contributed by atoms with van der Waals surface area (Å²) in [6.45, 7) is 2.22. The number of thiophene rings is 1. The van der Waals surface area contributed by atoms with Crippen LogP contribution in [0.25, 0.3) is 27.3 Å². The zero-order chi connectivity index (χ0) is 16.3. The first-order valence-electron chi connectivity index (χ1n) is 7.92. The van der Waals surface area contributed by atoms with Crippen LogP contribution in [0.4, 0.5) is 0 Å². The van der Waals surface area contributed by atoms with Crippen molar-refractivity contribution in [2.24, 2.45) is 0 Å². The molecule has 0 aliphatic carbocycles. The fraction of sp³-hybridized carbons (Fsp3) is 0.235. The SMILES string of the molecule is C[NH+]1CCc2c(sc3ncn4nc(-c5ccc(Cl)cc5)nc4c23)C1. The monoisotopic (exact) mass is 356 g/mol. The van der Waals surface area contributed by atoms with E-state index in [1.165, 1.54) is 15.8 Å². The first kappa shape index (κ1) is 14.3.